The van der Waals surface area contributed by atoms with Gasteiger partial charge in [0.15, 0.2) is 0 Å². The summed E-state index contributed by atoms with van der Waals surface area (Å²) in [5.41, 5.74) is 0.718. The van der Waals surface area contributed by atoms with Crippen LogP contribution in [0.2, 0.25) is 0 Å². The highest BCUT2D eigenvalue weighted by Crippen LogP contribution is 2.28. The molecule has 4 heterocycles. The lowest BCUT2D eigenvalue weighted by Gasteiger charge is -2.27. The fourth-order valence-corrected chi connectivity index (χ4v) is 5.21. The summed E-state index contributed by atoms with van der Waals surface area (Å²) in [5.74, 6) is 2.63. The molecule has 0 aliphatic carbocycles. The summed E-state index contributed by atoms with van der Waals surface area (Å²) in [6.45, 7) is 16.4. The number of hydrogen-bond donors (Lipinski definition) is 0. The van der Waals surface area contributed by atoms with Crippen molar-refractivity contribution in [3.05, 3.63) is 35.4 Å². The molecule has 0 aromatic carbocycles. The fourth-order valence-electron chi connectivity index (χ4n) is 5.21. The number of hydrogen-bond acceptors (Lipinski definition) is 8. The molecule has 258 valence electrons. The lowest BCUT2D eigenvalue weighted by atomic mass is 9.99. The molecule has 0 unspecified atom stereocenters. The molecule has 2 fully saturated rings. The molecule has 4 rings (SSSR count). The van der Waals surface area contributed by atoms with E-state index < -0.39 is 23.4 Å². The molecule has 2 saturated heterocycles. The quantitative estimate of drug-likeness (QED) is 0.321. The van der Waals surface area contributed by atoms with E-state index in [-0.39, 0.29) is 37.3 Å². The number of rotatable bonds is 6. The normalized spacial score (nSPS) is 16.0. The molecular formula is C32H55Cl2N5O6. The monoisotopic (exact) mass is 675 g/mol. The van der Waals surface area contributed by atoms with Crippen LogP contribution in [0, 0.1) is 0 Å². The maximum Gasteiger partial charge on any atom is 0.420 e. The van der Waals surface area contributed by atoms with Crippen molar-refractivity contribution in [3.63, 3.8) is 0 Å². The number of carbonyl (C=O) groups excluding carboxylic acids is 2. The van der Waals surface area contributed by atoms with E-state index >= 15 is 0 Å². The van der Waals surface area contributed by atoms with E-state index in [1.54, 1.807) is 13.2 Å². The molecule has 2 aliphatic rings. The van der Waals surface area contributed by atoms with Crippen molar-refractivity contribution in [2.75, 3.05) is 33.5 Å². The van der Waals surface area contributed by atoms with Crippen LogP contribution in [-0.2, 0) is 39.0 Å². The smallest absolute Gasteiger partial charge is 0.420 e. The van der Waals surface area contributed by atoms with E-state index in [1.807, 2.05) is 47.7 Å². The Balaban J connectivity index is 0.000000504. The Morgan fingerprint density at radius 3 is 1.80 bits per heavy atom. The molecule has 45 heavy (non-hydrogen) atoms. The van der Waals surface area contributed by atoms with Gasteiger partial charge in [-0.05, 0) is 73.6 Å². The lowest BCUT2D eigenvalue weighted by molar-refractivity contribution is 0.0273. The third-order valence-electron chi connectivity index (χ3n) is 7.34. The Hall–Kier alpha value is -2.34. The van der Waals surface area contributed by atoms with Crippen molar-refractivity contribution in [2.45, 2.75) is 117 Å². The van der Waals surface area contributed by atoms with Crippen molar-refractivity contribution in [1.29, 1.82) is 0 Å². The van der Waals surface area contributed by atoms with Gasteiger partial charge in [-0.2, -0.15) is 0 Å². The summed E-state index contributed by atoms with van der Waals surface area (Å²) < 4.78 is 25.6. The van der Waals surface area contributed by atoms with Gasteiger partial charge in [0, 0.05) is 64.2 Å². The van der Waals surface area contributed by atoms with Gasteiger partial charge >= 0.3 is 12.2 Å². The Labute approximate surface area is 281 Å². The second kappa shape index (κ2) is 18.1. The number of imidazole rings is 2. The Morgan fingerprint density at radius 1 is 0.844 bits per heavy atom. The summed E-state index contributed by atoms with van der Waals surface area (Å²) in [7, 11) is 3.78. The first kappa shape index (κ1) is 40.7. The number of halogens is 2. The van der Waals surface area contributed by atoms with Gasteiger partial charge in [0.1, 0.15) is 22.9 Å². The summed E-state index contributed by atoms with van der Waals surface area (Å²) in [5, 5.41) is 0. The third kappa shape index (κ3) is 12.4. The number of ether oxygens (including phenoxy) is 4. The molecule has 13 heteroatoms. The number of aromatic nitrogens is 4. The first-order valence-electron chi connectivity index (χ1n) is 15.6. The number of carbonyl (C=O) groups is 2. The van der Waals surface area contributed by atoms with E-state index in [9.17, 15) is 9.59 Å². The first-order valence-corrected chi connectivity index (χ1v) is 15.6. The molecule has 11 nitrogen and oxygen atoms in total. The zero-order chi connectivity index (χ0) is 31.8. The largest absolute Gasteiger partial charge is 0.444 e. The minimum absolute atomic E-state index is 0. The van der Waals surface area contributed by atoms with Crippen LogP contribution >= 0.6 is 24.8 Å². The predicted molar refractivity (Wildman–Crippen MR) is 179 cm³/mol. The van der Waals surface area contributed by atoms with E-state index in [1.165, 1.54) is 27.4 Å². The van der Waals surface area contributed by atoms with Gasteiger partial charge in [-0.25, -0.2) is 24.1 Å². The zero-order valence-corrected chi connectivity index (χ0v) is 30.2. The van der Waals surface area contributed by atoms with Crippen molar-refractivity contribution < 1.29 is 28.5 Å². The van der Waals surface area contributed by atoms with Gasteiger partial charge in [0.2, 0.25) is 0 Å². The lowest BCUT2D eigenvalue weighted by Crippen LogP contribution is -2.35. The highest BCUT2D eigenvalue weighted by atomic mass is 35.5. The SMILES string of the molecule is CCCc1cnc(C2CCOCC2)n1C.CN(Cc1cnc(C2CCOCC2)n1C(=O)OC(C)(C)C)C(=O)OC(C)(C)C.Cl.Cl. The molecule has 1 amide bonds. The van der Waals surface area contributed by atoms with Gasteiger partial charge in [-0.15, -0.1) is 24.8 Å². The highest BCUT2D eigenvalue weighted by Gasteiger charge is 2.30. The third-order valence-corrected chi connectivity index (χ3v) is 7.34. The summed E-state index contributed by atoms with van der Waals surface area (Å²) in [4.78, 5) is 35.7. The molecule has 2 aliphatic heterocycles. The average molecular weight is 677 g/mol. The van der Waals surface area contributed by atoms with Gasteiger partial charge in [0.25, 0.3) is 0 Å². The molecule has 0 bridgehead atoms. The van der Waals surface area contributed by atoms with Crippen molar-refractivity contribution in [2.24, 2.45) is 7.05 Å². The Kier molecular flexibility index (Phi) is 16.4. The topological polar surface area (TPSA) is 110 Å². The van der Waals surface area contributed by atoms with E-state index in [4.69, 9.17) is 18.9 Å². The van der Waals surface area contributed by atoms with E-state index in [2.05, 4.69) is 28.5 Å². The van der Waals surface area contributed by atoms with Gasteiger partial charge in [-0.3, -0.25) is 0 Å². The van der Waals surface area contributed by atoms with Crippen LogP contribution < -0.4 is 0 Å². The van der Waals surface area contributed by atoms with Crippen LogP contribution in [0.25, 0.3) is 0 Å². The van der Waals surface area contributed by atoms with Gasteiger partial charge in [-0.1, -0.05) is 13.3 Å². The Morgan fingerprint density at radius 2 is 1.31 bits per heavy atom. The molecule has 2 aromatic rings. The molecule has 0 spiro atoms. The van der Waals surface area contributed by atoms with Crippen LogP contribution in [-0.4, -0.2) is 80.9 Å². The maximum absolute atomic E-state index is 12.9. The van der Waals surface area contributed by atoms with Crippen LogP contribution in [0.5, 0.6) is 0 Å². The minimum Gasteiger partial charge on any atom is -0.444 e. The summed E-state index contributed by atoms with van der Waals surface area (Å²) in [6.07, 6.45) is 8.87. The summed E-state index contributed by atoms with van der Waals surface area (Å²) in [6, 6.07) is 0. The molecular weight excluding hydrogens is 621 g/mol. The van der Waals surface area contributed by atoms with Gasteiger partial charge < -0.3 is 28.4 Å². The highest BCUT2D eigenvalue weighted by molar-refractivity contribution is 5.85. The minimum atomic E-state index is -0.636. The summed E-state index contributed by atoms with van der Waals surface area (Å²) >= 11 is 0. The van der Waals surface area contributed by atoms with Crippen LogP contribution in [0.3, 0.4) is 0 Å². The number of amides is 1. The molecule has 0 N–H and O–H groups in total. The zero-order valence-electron chi connectivity index (χ0n) is 28.6. The number of aryl methyl sites for hydroxylation is 1. The van der Waals surface area contributed by atoms with Crippen molar-refractivity contribution >= 4 is 37.0 Å². The second-order valence-electron chi connectivity index (χ2n) is 13.4. The molecule has 0 saturated carbocycles. The Bertz CT molecular complexity index is 1190. The van der Waals surface area contributed by atoms with E-state index in [0.29, 0.717) is 30.7 Å². The maximum atomic E-state index is 12.9. The van der Waals surface area contributed by atoms with Gasteiger partial charge in [0.05, 0.1) is 18.4 Å². The molecule has 2 aromatic heterocycles. The molecule has 0 radical (unpaired) electrons. The van der Waals surface area contributed by atoms with Crippen LogP contribution in [0.1, 0.15) is 115 Å². The second-order valence-corrected chi connectivity index (χ2v) is 13.4. The molecule has 0 atom stereocenters. The van der Waals surface area contributed by atoms with Crippen molar-refractivity contribution in [1.82, 2.24) is 24.0 Å². The first-order chi connectivity index (χ1) is 20.2. The predicted octanol–water partition coefficient (Wildman–Crippen LogP) is 7.04. The van der Waals surface area contributed by atoms with Crippen molar-refractivity contribution in [3.8, 4) is 0 Å². The number of nitrogens with zero attached hydrogens (tertiary/aromatic N) is 5. The standard InChI is InChI=1S/C20H33N3O5.C12H20N2O.2ClH/c1-19(2,3)27-17(24)22(7)13-15-12-21-16(14-8-10-26-11-9-14)23(15)18(25)28-20(4,5)6;1-3-4-11-9-13-12(14(11)2)10-5-7-15-8-6-10;;/h12,14H,8-11,13H2,1-7H3;9-10H,3-8H2,1-2H3;2*1H. The fraction of sp³-hybridized carbons (Fsp3) is 0.750. The van der Waals surface area contributed by atoms with E-state index in [0.717, 1.165) is 45.3 Å². The van der Waals surface area contributed by atoms with Crippen LogP contribution in [0.4, 0.5) is 9.59 Å². The van der Waals surface area contributed by atoms with Crippen LogP contribution in [0.15, 0.2) is 12.4 Å². The average Bonchev–Trinajstić information content (AvgIpc) is 3.52.